The van der Waals surface area contributed by atoms with Gasteiger partial charge in [0.15, 0.2) is 5.43 Å². The summed E-state index contributed by atoms with van der Waals surface area (Å²) in [6.07, 6.45) is 3.21. The van der Waals surface area contributed by atoms with Crippen LogP contribution in [0.3, 0.4) is 0 Å². The summed E-state index contributed by atoms with van der Waals surface area (Å²) in [5.41, 5.74) is 0.924. The summed E-state index contributed by atoms with van der Waals surface area (Å²) in [6.45, 7) is 2.27. The number of nitrogens with zero attached hydrogens (tertiary/aromatic N) is 3. The topological polar surface area (TPSA) is 85.1 Å². The Balaban J connectivity index is 2.28. The summed E-state index contributed by atoms with van der Waals surface area (Å²) < 4.78 is 1.74. The molecule has 0 aliphatic carbocycles. The quantitative estimate of drug-likeness (QED) is 0.630. The average molecular weight is 439 g/mol. The van der Waals surface area contributed by atoms with E-state index in [4.69, 9.17) is 34.8 Å². The number of carbonyl (C=O) groups is 1. The first-order valence-electron chi connectivity index (χ1n) is 8.23. The van der Waals surface area contributed by atoms with E-state index >= 15 is 0 Å². The molecule has 0 aliphatic rings. The summed E-state index contributed by atoms with van der Waals surface area (Å²) in [5.74, 6) is -1.32. The first-order valence-corrected chi connectivity index (χ1v) is 9.37. The fraction of sp³-hybridized carbons (Fsp3) is 0.158. The van der Waals surface area contributed by atoms with Crippen molar-refractivity contribution < 1.29 is 9.90 Å². The molecule has 0 unspecified atom stereocenters. The molecule has 0 saturated heterocycles. The number of pyridine rings is 1. The molecule has 0 bridgehead atoms. The average Bonchev–Trinajstić information content (AvgIpc) is 2.63. The van der Waals surface area contributed by atoms with Crippen molar-refractivity contribution >= 4 is 40.8 Å². The first-order chi connectivity index (χ1) is 13.3. The van der Waals surface area contributed by atoms with Crippen LogP contribution in [-0.4, -0.2) is 25.6 Å². The van der Waals surface area contributed by atoms with Gasteiger partial charge in [-0.3, -0.25) is 9.78 Å². The summed E-state index contributed by atoms with van der Waals surface area (Å²) in [4.78, 5) is 32.7. The van der Waals surface area contributed by atoms with Gasteiger partial charge in [0.25, 0.3) is 0 Å². The number of hydrogen-bond acceptors (Lipinski definition) is 4. The van der Waals surface area contributed by atoms with Crippen molar-refractivity contribution in [2.45, 2.75) is 19.9 Å². The van der Waals surface area contributed by atoms with Crippen LogP contribution >= 0.6 is 34.8 Å². The Hall–Kier alpha value is -2.41. The number of aromatic nitrogens is 3. The van der Waals surface area contributed by atoms with E-state index in [0.717, 1.165) is 0 Å². The zero-order chi connectivity index (χ0) is 20.4. The summed E-state index contributed by atoms with van der Waals surface area (Å²) in [6, 6.07) is 6.03. The Bertz CT molecular complexity index is 1130. The van der Waals surface area contributed by atoms with E-state index in [9.17, 15) is 14.7 Å². The number of halogens is 3. The molecule has 0 saturated carbocycles. The SMILES string of the molecule is CCn1c(Cc2cncc(Cl)n2)cc(=O)c(C(=O)O)c1-c1ccc(Cl)c(Cl)c1. The molecule has 0 amide bonds. The van der Waals surface area contributed by atoms with Crippen molar-refractivity contribution in [1.29, 1.82) is 0 Å². The second kappa shape index (κ2) is 8.31. The van der Waals surface area contributed by atoms with Crippen LogP contribution in [0.2, 0.25) is 15.2 Å². The highest BCUT2D eigenvalue weighted by Gasteiger charge is 2.22. The number of aromatic carboxylic acids is 1. The van der Waals surface area contributed by atoms with E-state index < -0.39 is 11.4 Å². The minimum absolute atomic E-state index is 0.231. The largest absolute Gasteiger partial charge is 0.477 e. The van der Waals surface area contributed by atoms with Gasteiger partial charge in [-0.25, -0.2) is 9.78 Å². The number of rotatable bonds is 5. The molecule has 0 spiro atoms. The van der Waals surface area contributed by atoms with Gasteiger partial charge in [0, 0.05) is 36.5 Å². The molecule has 9 heteroatoms. The van der Waals surface area contributed by atoms with Crippen LogP contribution in [0.5, 0.6) is 0 Å². The Morgan fingerprint density at radius 1 is 1.14 bits per heavy atom. The fourth-order valence-corrected chi connectivity index (χ4v) is 3.47. The fourth-order valence-electron chi connectivity index (χ4n) is 3.01. The van der Waals surface area contributed by atoms with Crippen LogP contribution in [0.15, 0.2) is 41.5 Å². The van der Waals surface area contributed by atoms with Crippen LogP contribution in [0.4, 0.5) is 0 Å². The maximum atomic E-state index is 12.6. The monoisotopic (exact) mass is 437 g/mol. The van der Waals surface area contributed by atoms with Crippen molar-refractivity contribution in [1.82, 2.24) is 14.5 Å². The lowest BCUT2D eigenvalue weighted by Crippen LogP contribution is -2.23. The third-order valence-electron chi connectivity index (χ3n) is 4.14. The second-order valence-corrected chi connectivity index (χ2v) is 7.11. The molecular weight excluding hydrogens is 425 g/mol. The second-order valence-electron chi connectivity index (χ2n) is 5.91. The van der Waals surface area contributed by atoms with Gasteiger partial charge in [-0.05, 0) is 19.1 Å². The molecule has 0 atom stereocenters. The van der Waals surface area contributed by atoms with E-state index in [2.05, 4.69) is 9.97 Å². The summed E-state index contributed by atoms with van der Waals surface area (Å²) >= 11 is 18.0. The van der Waals surface area contributed by atoms with Gasteiger partial charge in [0.1, 0.15) is 10.7 Å². The number of benzene rings is 1. The van der Waals surface area contributed by atoms with E-state index in [1.165, 1.54) is 12.3 Å². The molecule has 1 aromatic carbocycles. The minimum atomic E-state index is -1.32. The maximum Gasteiger partial charge on any atom is 0.341 e. The molecule has 144 valence electrons. The van der Waals surface area contributed by atoms with Gasteiger partial charge in [0.05, 0.1) is 27.6 Å². The van der Waals surface area contributed by atoms with Crippen molar-refractivity contribution in [3.8, 4) is 11.3 Å². The van der Waals surface area contributed by atoms with Crippen LogP contribution < -0.4 is 5.43 Å². The Kier molecular flexibility index (Phi) is 6.03. The standard InChI is InChI=1S/C19H14Cl3N3O3/c1-2-25-12(6-11-8-23-9-16(22)24-11)7-15(26)17(19(27)28)18(25)10-3-4-13(20)14(21)5-10/h3-5,7-9H,2,6H2,1H3,(H,27,28). The molecule has 0 aliphatic heterocycles. The van der Waals surface area contributed by atoms with E-state index in [1.807, 2.05) is 6.92 Å². The van der Waals surface area contributed by atoms with Crippen LogP contribution in [0, 0.1) is 0 Å². The molecule has 0 radical (unpaired) electrons. The van der Waals surface area contributed by atoms with E-state index in [1.54, 1.807) is 29.0 Å². The molecule has 6 nitrogen and oxygen atoms in total. The number of hydrogen-bond donors (Lipinski definition) is 1. The smallest absolute Gasteiger partial charge is 0.341 e. The minimum Gasteiger partial charge on any atom is -0.477 e. The predicted octanol–water partition coefficient (Wildman–Crippen LogP) is 4.57. The number of carboxylic acid groups (broad SMARTS) is 1. The van der Waals surface area contributed by atoms with Gasteiger partial charge in [-0.15, -0.1) is 0 Å². The van der Waals surface area contributed by atoms with E-state index in [0.29, 0.717) is 28.5 Å². The molecule has 1 N–H and O–H groups in total. The maximum absolute atomic E-state index is 12.6. The summed E-state index contributed by atoms with van der Waals surface area (Å²) in [7, 11) is 0. The van der Waals surface area contributed by atoms with Crippen LogP contribution in [-0.2, 0) is 13.0 Å². The van der Waals surface area contributed by atoms with Crippen molar-refractivity contribution in [2.75, 3.05) is 0 Å². The molecular formula is C19H14Cl3N3O3. The highest BCUT2D eigenvalue weighted by molar-refractivity contribution is 6.42. The van der Waals surface area contributed by atoms with Crippen molar-refractivity contribution in [3.63, 3.8) is 0 Å². The van der Waals surface area contributed by atoms with Crippen LogP contribution in [0.25, 0.3) is 11.3 Å². The van der Waals surface area contributed by atoms with E-state index in [-0.39, 0.29) is 27.9 Å². The zero-order valence-corrected chi connectivity index (χ0v) is 16.9. The highest BCUT2D eigenvalue weighted by atomic mass is 35.5. The third kappa shape index (κ3) is 4.04. The Morgan fingerprint density at radius 3 is 2.50 bits per heavy atom. The third-order valence-corrected chi connectivity index (χ3v) is 5.06. The molecule has 3 rings (SSSR count). The van der Waals surface area contributed by atoms with Crippen LogP contribution in [0.1, 0.15) is 28.7 Å². The van der Waals surface area contributed by atoms with Gasteiger partial charge < -0.3 is 9.67 Å². The molecule has 3 aromatic rings. The molecule has 2 heterocycles. The highest BCUT2D eigenvalue weighted by Crippen LogP contribution is 2.31. The van der Waals surface area contributed by atoms with Gasteiger partial charge >= 0.3 is 5.97 Å². The molecule has 0 fully saturated rings. The number of carboxylic acids is 1. The predicted molar refractivity (Wildman–Crippen MR) is 109 cm³/mol. The lowest BCUT2D eigenvalue weighted by atomic mass is 10.0. The summed E-state index contributed by atoms with van der Waals surface area (Å²) in [5, 5.41) is 10.5. The van der Waals surface area contributed by atoms with Crippen molar-refractivity contribution in [2.24, 2.45) is 0 Å². The first kappa shape index (κ1) is 20.3. The van der Waals surface area contributed by atoms with Crippen molar-refractivity contribution in [3.05, 3.63) is 79.0 Å². The molecule has 28 heavy (non-hydrogen) atoms. The van der Waals surface area contributed by atoms with Gasteiger partial charge in [0.2, 0.25) is 0 Å². The Morgan fingerprint density at radius 2 is 1.89 bits per heavy atom. The molecule has 2 aromatic heterocycles. The lowest BCUT2D eigenvalue weighted by Gasteiger charge is -2.20. The Labute approximate surface area is 175 Å². The van der Waals surface area contributed by atoms with Gasteiger partial charge in [-0.1, -0.05) is 40.9 Å². The van der Waals surface area contributed by atoms with Gasteiger partial charge in [-0.2, -0.15) is 0 Å². The lowest BCUT2D eigenvalue weighted by molar-refractivity contribution is 0.0695. The normalized spacial score (nSPS) is 10.9. The zero-order valence-electron chi connectivity index (χ0n) is 14.6.